The Hall–Kier alpha value is -0.940. The molecule has 0 amide bonds. The van der Waals surface area contributed by atoms with E-state index in [-0.39, 0.29) is 5.41 Å². The highest BCUT2D eigenvalue weighted by Gasteiger charge is 2.28. The van der Waals surface area contributed by atoms with E-state index in [0.717, 1.165) is 37.3 Å². The molecule has 1 saturated carbocycles. The summed E-state index contributed by atoms with van der Waals surface area (Å²) in [6, 6.07) is 0.637. The number of hydrogen-bond donors (Lipinski definition) is 1. The van der Waals surface area contributed by atoms with Gasteiger partial charge in [0.25, 0.3) is 0 Å². The number of rotatable bonds is 6. The molecule has 118 valence electrons. The quantitative estimate of drug-likeness (QED) is 0.872. The minimum absolute atomic E-state index is 0.0699. The molecule has 1 aromatic rings. The SMILES string of the molecule is CC(C)(C)c1nc(CN(CC2CC2)CC2CCCN2)no1. The lowest BCUT2D eigenvalue weighted by Crippen LogP contribution is -2.38. The van der Waals surface area contributed by atoms with Gasteiger partial charge in [-0.3, -0.25) is 4.90 Å². The first-order valence-electron chi connectivity index (χ1n) is 8.29. The van der Waals surface area contributed by atoms with Crippen LogP contribution in [0.5, 0.6) is 0 Å². The molecule has 5 heteroatoms. The second-order valence-electron chi connectivity index (χ2n) is 7.70. The Bertz CT molecular complexity index is 455. The van der Waals surface area contributed by atoms with Gasteiger partial charge in [0.2, 0.25) is 5.89 Å². The minimum atomic E-state index is -0.0699. The second-order valence-corrected chi connectivity index (χ2v) is 7.70. The number of aromatic nitrogens is 2. The molecule has 1 atom stereocenters. The van der Waals surface area contributed by atoms with Crippen molar-refractivity contribution < 1.29 is 4.52 Å². The van der Waals surface area contributed by atoms with Crippen LogP contribution in [0, 0.1) is 5.92 Å². The molecule has 1 N–H and O–H groups in total. The van der Waals surface area contributed by atoms with Crippen molar-refractivity contribution >= 4 is 0 Å². The molecule has 1 unspecified atom stereocenters. The average Bonchev–Trinajstić information content (AvgIpc) is 2.90. The van der Waals surface area contributed by atoms with Gasteiger partial charge in [-0.05, 0) is 38.1 Å². The highest BCUT2D eigenvalue weighted by molar-refractivity contribution is 4.98. The molecule has 2 aliphatic rings. The zero-order chi connectivity index (χ0) is 14.9. The molecule has 0 bridgehead atoms. The smallest absolute Gasteiger partial charge is 0.232 e. The van der Waals surface area contributed by atoms with Crippen molar-refractivity contribution in [2.75, 3.05) is 19.6 Å². The third-order valence-electron chi connectivity index (χ3n) is 4.33. The van der Waals surface area contributed by atoms with E-state index in [4.69, 9.17) is 4.52 Å². The van der Waals surface area contributed by atoms with E-state index in [1.54, 1.807) is 0 Å². The van der Waals surface area contributed by atoms with Crippen LogP contribution in [-0.4, -0.2) is 40.7 Å². The maximum absolute atomic E-state index is 5.42. The fraction of sp³-hybridized carbons (Fsp3) is 0.875. The van der Waals surface area contributed by atoms with Crippen LogP contribution in [-0.2, 0) is 12.0 Å². The molecule has 2 heterocycles. The van der Waals surface area contributed by atoms with Gasteiger partial charge in [-0.2, -0.15) is 4.98 Å². The van der Waals surface area contributed by atoms with Crippen LogP contribution in [0.4, 0.5) is 0 Å². The predicted molar refractivity (Wildman–Crippen MR) is 82.0 cm³/mol. The normalized spacial score (nSPS) is 23.1. The van der Waals surface area contributed by atoms with Gasteiger partial charge in [-0.15, -0.1) is 0 Å². The van der Waals surface area contributed by atoms with Gasteiger partial charge in [0.1, 0.15) is 0 Å². The molecule has 5 nitrogen and oxygen atoms in total. The summed E-state index contributed by atoms with van der Waals surface area (Å²) in [6.07, 6.45) is 5.36. The lowest BCUT2D eigenvalue weighted by Gasteiger charge is -2.24. The van der Waals surface area contributed by atoms with Gasteiger partial charge in [0.05, 0.1) is 6.54 Å². The van der Waals surface area contributed by atoms with Crippen molar-refractivity contribution in [3.8, 4) is 0 Å². The Morgan fingerprint density at radius 1 is 1.24 bits per heavy atom. The van der Waals surface area contributed by atoms with Gasteiger partial charge in [0.15, 0.2) is 5.82 Å². The molecule has 1 saturated heterocycles. The van der Waals surface area contributed by atoms with Gasteiger partial charge in [0, 0.05) is 24.5 Å². The molecule has 1 aliphatic heterocycles. The van der Waals surface area contributed by atoms with E-state index >= 15 is 0 Å². The number of nitrogens with one attached hydrogen (secondary N) is 1. The van der Waals surface area contributed by atoms with Crippen LogP contribution in [0.3, 0.4) is 0 Å². The molecule has 0 aromatic carbocycles. The molecule has 2 fully saturated rings. The average molecular weight is 292 g/mol. The number of nitrogens with zero attached hydrogens (tertiary/aromatic N) is 3. The Balaban J connectivity index is 1.60. The third kappa shape index (κ3) is 4.27. The second kappa shape index (κ2) is 6.05. The van der Waals surface area contributed by atoms with E-state index < -0.39 is 0 Å². The van der Waals surface area contributed by atoms with Crippen molar-refractivity contribution in [1.82, 2.24) is 20.4 Å². The third-order valence-corrected chi connectivity index (χ3v) is 4.33. The van der Waals surface area contributed by atoms with Gasteiger partial charge >= 0.3 is 0 Å². The summed E-state index contributed by atoms with van der Waals surface area (Å²) in [5.41, 5.74) is -0.0699. The fourth-order valence-electron chi connectivity index (χ4n) is 2.92. The molecule has 21 heavy (non-hydrogen) atoms. The van der Waals surface area contributed by atoms with Crippen LogP contribution in [0.1, 0.15) is 58.2 Å². The van der Waals surface area contributed by atoms with E-state index in [1.165, 1.54) is 32.2 Å². The van der Waals surface area contributed by atoms with Gasteiger partial charge < -0.3 is 9.84 Å². The Morgan fingerprint density at radius 3 is 2.62 bits per heavy atom. The molecule has 0 radical (unpaired) electrons. The molecule has 3 rings (SSSR count). The summed E-state index contributed by atoms with van der Waals surface area (Å²) >= 11 is 0. The van der Waals surface area contributed by atoms with Crippen molar-refractivity contribution in [2.24, 2.45) is 5.92 Å². The lowest BCUT2D eigenvalue weighted by molar-refractivity contribution is 0.223. The topological polar surface area (TPSA) is 54.2 Å². The molecule has 1 aliphatic carbocycles. The van der Waals surface area contributed by atoms with Crippen LogP contribution < -0.4 is 5.32 Å². The monoisotopic (exact) mass is 292 g/mol. The van der Waals surface area contributed by atoms with E-state index in [1.807, 2.05) is 0 Å². The molecule has 1 aromatic heterocycles. The highest BCUT2D eigenvalue weighted by Crippen LogP contribution is 2.30. The van der Waals surface area contributed by atoms with Crippen molar-refractivity contribution in [2.45, 2.75) is 64.5 Å². The van der Waals surface area contributed by atoms with E-state index in [2.05, 4.69) is 41.1 Å². The largest absolute Gasteiger partial charge is 0.339 e. The standard InChI is InChI=1S/C16H28N4O/c1-16(2,3)15-18-14(19-21-15)11-20(9-12-6-7-12)10-13-5-4-8-17-13/h12-13,17H,4-11H2,1-3H3. The van der Waals surface area contributed by atoms with Crippen molar-refractivity contribution in [1.29, 1.82) is 0 Å². The summed E-state index contributed by atoms with van der Waals surface area (Å²) in [4.78, 5) is 7.10. The van der Waals surface area contributed by atoms with Crippen molar-refractivity contribution in [3.05, 3.63) is 11.7 Å². The summed E-state index contributed by atoms with van der Waals surface area (Å²) in [6.45, 7) is 10.6. The summed E-state index contributed by atoms with van der Waals surface area (Å²) in [5.74, 6) is 2.46. The van der Waals surface area contributed by atoms with E-state index in [9.17, 15) is 0 Å². The number of hydrogen-bond acceptors (Lipinski definition) is 5. The van der Waals surface area contributed by atoms with Crippen LogP contribution in [0.25, 0.3) is 0 Å². The Kier molecular flexibility index (Phi) is 4.31. The van der Waals surface area contributed by atoms with E-state index in [0.29, 0.717) is 6.04 Å². The molecule has 0 spiro atoms. The van der Waals surface area contributed by atoms with Crippen LogP contribution in [0.2, 0.25) is 0 Å². The van der Waals surface area contributed by atoms with Crippen LogP contribution in [0.15, 0.2) is 4.52 Å². The highest BCUT2D eigenvalue weighted by atomic mass is 16.5. The maximum atomic E-state index is 5.42. The van der Waals surface area contributed by atoms with Gasteiger partial charge in [-0.25, -0.2) is 0 Å². The summed E-state index contributed by atoms with van der Waals surface area (Å²) < 4.78 is 5.42. The summed E-state index contributed by atoms with van der Waals surface area (Å²) in [7, 11) is 0. The maximum Gasteiger partial charge on any atom is 0.232 e. The minimum Gasteiger partial charge on any atom is -0.339 e. The first-order chi connectivity index (χ1) is 10.0. The molecular formula is C16H28N4O. The Labute approximate surface area is 127 Å². The Morgan fingerprint density at radius 2 is 2.05 bits per heavy atom. The lowest BCUT2D eigenvalue weighted by atomic mass is 9.97. The summed E-state index contributed by atoms with van der Waals surface area (Å²) in [5, 5.41) is 7.77. The first kappa shape index (κ1) is 15.0. The van der Waals surface area contributed by atoms with Crippen molar-refractivity contribution in [3.63, 3.8) is 0 Å². The zero-order valence-electron chi connectivity index (χ0n) is 13.6. The first-order valence-corrected chi connectivity index (χ1v) is 8.29. The predicted octanol–water partition coefficient (Wildman–Crippen LogP) is 2.33. The zero-order valence-corrected chi connectivity index (χ0v) is 13.6. The fourth-order valence-corrected chi connectivity index (χ4v) is 2.92. The molecular weight excluding hydrogens is 264 g/mol. The van der Waals surface area contributed by atoms with Crippen LogP contribution >= 0.6 is 0 Å². The van der Waals surface area contributed by atoms with Gasteiger partial charge in [-0.1, -0.05) is 25.9 Å².